The minimum atomic E-state index is -0.311. The Morgan fingerprint density at radius 3 is 2.68 bits per heavy atom. The maximum absolute atomic E-state index is 12.3. The highest BCUT2D eigenvalue weighted by Crippen LogP contribution is 2.40. The summed E-state index contributed by atoms with van der Waals surface area (Å²) < 4.78 is 5.20. The summed E-state index contributed by atoms with van der Waals surface area (Å²) in [6.45, 7) is 8.05. The molecule has 1 aromatic heterocycles. The van der Waals surface area contributed by atoms with E-state index in [1.807, 2.05) is 13.8 Å². The van der Waals surface area contributed by atoms with Crippen molar-refractivity contribution in [3.63, 3.8) is 0 Å². The molecule has 0 aliphatic heterocycles. The number of carbonyl (C=O) groups is 2. The van der Waals surface area contributed by atoms with Crippen molar-refractivity contribution in [2.75, 3.05) is 11.9 Å². The lowest BCUT2D eigenvalue weighted by molar-refractivity contribution is -0.118. The van der Waals surface area contributed by atoms with E-state index < -0.39 is 0 Å². The minimum Gasteiger partial charge on any atom is -0.462 e. The molecule has 1 amide bonds. The third kappa shape index (κ3) is 3.51. The average molecular weight is 323 g/mol. The molecular weight excluding hydrogens is 298 g/mol. The second-order valence-electron chi connectivity index (χ2n) is 6.09. The lowest BCUT2D eigenvalue weighted by Gasteiger charge is -2.20. The number of rotatable bonds is 5. The van der Waals surface area contributed by atoms with Gasteiger partial charge in [-0.05, 0) is 37.7 Å². The molecule has 0 bridgehead atoms. The Hall–Kier alpha value is -1.36. The normalized spacial score (nSPS) is 17.2. The molecule has 0 spiro atoms. The summed E-state index contributed by atoms with van der Waals surface area (Å²) in [4.78, 5) is 25.6. The summed E-state index contributed by atoms with van der Waals surface area (Å²) in [6, 6.07) is 0. The number of hydrogen-bond acceptors (Lipinski definition) is 4. The fourth-order valence-corrected chi connectivity index (χ4v) is 4.12. The van der Waals surface area contributed by atoms with Crippen LogP contribution in [0.25, 0.3) is 0 Å². The van der Waals surface area contributed by atoms with E-state index in [1.165, 1.54) is 4.88 Å². The van der Waals surface area contributed by atoms with Gasteiger partial charge in [-0.15, -0.1) is 11.3 Å². The molecule has 1 aliphatic rings. The molecule has 122 valence electrons. The lowest BCUT2D eigenvalue weighted by atomic mass is 9.85. The van der Waals surface area contributed by atoms with Gasteiger partial charge in [0.1, 0.15) is 5.00 Å². The Bertz CT molecular complexity index is 562. The molecule has 0 aromatic carbocycles. The van der Waals surface area contributed by atoms with E-state index in [2.05, 4.69) is 12.2 Å². The number of anilines is 1. The Balaban J connectivity index is 2.37. The smallest absolute Gasteiger partial charge is 0.341 e. The molecule has 0 saturated heterocycles. The largest absolute Gasteiger partial charge is 0.462 e. The van der Waals surface area contributed by atoms with Crippen LogP contribution < -0.4 is 5.32 Å². The van der Waals surface area contributed by atoms with Gasteiger partial charge < -0.3 is 10.1 Å². The molecule has 1 aliphatic carbocycles. The van der Waals surface area contributed by atoms with Gasteiger partial charge in [-0.25, -0.2) is 4.79 Å². The third-order valence-corrected chi connectivity index (χ3v) is 5.36. The van der Waals surface area contributed by atoms with Gasteiger partial charge in [-0.1, -0.05) is 27.2 Å². The van der Waals surface area contributed by atoms with Crippen molar-refractivity contribution in [1.82, 2.24) is 0 Å². The van der Waals surface area contributed by atoms with Gasteiger partial charge in [0, 0.05) is 10.8 Å². The number of nitrogens with one attached hydrogen (secondary N) is 1. The summed E-state index contributed by atoms with van der Waals surface area (Å²) in [5.41, 5.74) is 1.68. The van der Waals surface area contributed by atoms with Gasteiger partial charge in [-0.3, -0.25) is 4.79 Å². The summed E-state index contributed by atoms with van der Waals surface area (Å²) >= 11 is 1.55. The molecule has 2 rings (SSSR count). The molecule has 1 atom stereocenters. The number of hydrogen-bond donors (Lipinski definition) is 1. The number of amides is 1. The maximum atomic E-state index is 12.3. The van der Waals surface area contributed by atoms with Crippen molar-refractivity contribution < 1.29 is 14.3 Å². The number of ether oxygens (including phenoxy) is 1. The van der Waals surface area contributed by atoms with Crippen molar-refractivity contribution in [3.8, 4) is 0 Å². The first-order valence-electron chi connectivity index (χ1n) is 8.10. The first kappa shape index (κ1) is 17.0. The van der Waals surface area contributed by atoms with Crippen LogP contribution in [0, 0.1) is 11.8 Å². The molecular formula is C17H25NO3S. The molecule has 1 N–H and O–H groups in total. The molecule has 0 saturated carbocycles. The van der Waals surface area contributed by atoms with Crippen LogP contribution in [-0.4, -0.2) is 18.5 Å². The van der Waals surface area contributed by atoms with Crippen LogP contribution >= 0.6 is 11.3 Å². The van der Waals surface area contributed by atoms with Gasteiger partial charge in [0.2, 0.25) is 5.91 Å². The molecule has 4 nitrogen and oxygen atoms in total. The Morgan fingerprint density at radius 2 is 2.09 bits per heavy atom. The highest BCUT2D eigenvalue weighted by Gasteiger charge is 2.30. The predicted molar refractivity (Wildman–Crippen MR) is 89.5 cm³/mol. The Kier molecular flexibility index (Phi) is 5.62. The lowest BCUT2D eigenvalue weighted by Crippen LogP contribution is -2.20. The van der Waals surface area contributed by atoms with Crippen LogP contribution in [0.5, 0.6) is 0 Å². The Labute approximate surface area is 136 Å². The molecule has 1 heterocycles. The summed E-state index contributed by atoms with van der Waals surface area (Å²) in [7, 11) is 0. The quantitative estimate of drug-likeness (QED) is 0.832. The summed E-state index contributed by atoms with van der Waals surface area (Å²) in [5.74, 6) is 0.192. The van der Waals surface area contributed by atoms with E-state index in [1.54, 1.807) is 18.3 Å². The van der Waals surface area contributed by atoms with E-state index in [9.17, 15) is 9.59 Å². The van der Waals surface area contributed by atoms with Crippen molar-refractivity contribution in [3.05, 3.63) is 16.0 Å². The van der Waals surface area contributed by atoms with Crippen molar-refractivity contribution in [1.29, 1.82) is 0 Å². The van der Waals surface area contributed by atoms with Crippen molar-refractivity contribution in [2.45, 2.75) is 53.4 Å². The molecule has 0 radical (unpaired) electrons. The minimum absolute atomic E-state index is 0.0591. The molecule has 0 fully saturated rings. The fraction of sp³-hybridized carbons (Fsp3) is 0.647. The highest BCUT2D eigenvalue weighted by molar-refractivity contribution is 7.17. The first-order chi connectivity index (χ1) is 10.5. The van der Waals surface area contributed by atoms with E-state index >= 15 is 0 Å². The van der Waals surface area contributed by atoms with Gasteiger partial charge in [0.25, 0.3) is 0 Å². The van der Waals surface area contributed by atoms with Crippen LogP contribution in [0.15, 0.2) is 0 Å². The third-order valence-electron chi connectivity index (χ3n) is 4.19. The number of carbonyl (C=O) groups excluding carboxylic acids is 2. The average Bonchev–Trinajstić information content (AvgIpc) is 2.83. The number of fused-ring (bicyclic) bond motifs is 1. The van der Waals surface area contributed by atoms with Crippen molar-refractivity contribution >= 4 is 28.2 Å². The highest BCUT2D eigenvalue weighted by atomic mass is 32.1. The van der Waals surface area contributed by atoms with Crippen LogP contribution in [0.1, 0.15) is 61.3 Å². The Morgan fingerprint density at radius 1 is 1.36 bits per heavy atom. The monoisotopic (exact) mass is 323 g/mol. The van der Waals surface area contributed by atoms with Crippen LogP contribution in [0.3, 0.4) is 0 Å². The fourth-order valence-electron chi connectivity index (χ4n) is 2.77. The molecule has 1 aromatic rings. The summed E-state index contributed by atoms with van der Waals surface area (Å²) in [5, 5.41) is 3.58. The summed E-state index contributed by atoms with van der Waals surface area (Å²) in [6.07, 6.45) is 4.15. The molecule has 0 unspecified atom stereocenters. The van der Waals surface area contributed by atoms with E-state index in [0.717, 1.165) is 31.2 Å². The van der Waals surface area contributed by atoms with Crippen molar-refractivity contribution in [2.24, 2.45) is 11.8 Å². The van der Waals surface area contributed by atoms with E-state index in [-0.39, 0.29) is 17.8 Å². The predicted octanol–water partition coefficient (Wildman–Crippen LogP) is 4.03. The van der Waals surface area contributed by atoms with E-state index in [0.29, 0.717) is 23.1 Å². The zero-order valence-electron chi connectivity index (χ0n) is 13.8. The zero-order chi connectivity index (χ0) is 16.3. The van der Waals surface area contributed by atoms with Crippen LogP contribution in [-0.2, 0) is 22.4 Å². The SMILES string of the molecule is CCOC(=O)c1c(NC(=O)C(C)C)sc2c1CC[C@H](CC)C2. The molecule has 5 heteroatoms. The maximum Gasteiger partial charge on any atom is 0.341 e. The molecule has 22 heavy (non-hydrogen) atoms. The van der Waals surface area contributed by atoms with Gasteiger partial charge in [-0.2, -0.15) is 0 Å². The zero-order valence-corrected chi connectivity index (χ0v) is 14.6. The number of thiophene rings is 1. The number of esters is 1. The second kappa shape index (κ2) is 7.27. The second-order valence-corrected chi connectivity index (χ2v) is 7.19. The van der Waals surface area contributed by atoms with Gasteiger partial charge in [0.05, 0.1) is 12.2 Å². The van der Waals surface area contributed by atoms with Crippen LogP contribution in [0.4, 0.5) is 5.00 Å². The standard InChI is InChI=1S/C17H25NO3S/c1-5-11-7-8-12-13(9-11)22-16(18-15(19)10(3)4)14(12)17(20)21-6-2/h10-11H,5-9H2,1-4H3,(H,18,19)/t11-/m0/s1. The van der Waals surface area contributed by atoms with Gasteiger partial charge >= 0.3 is 5.97 Å². The van der Waals surface area contributed by atoms with Crippen LogP contribution in [0.2, 0.25) is 0 Å². The topological polar surface area (TPSA) is 55.4 Å². The van der Waals surface area contributed by atoms with Gasteiger partial charge in [0.15, 0.2) is 0 Å². The first-order valence-corrected chi connectivity index (χ1v) is 8.92. The van der Waals surface area contributed by atoms with E-state index in [4.69, 9.17) is 4.74 Å².